The van der Waals surface area contributed by atoms with Crippen LogP contribution < -0.4 is 5.32 Å². The van der Waals surface area contributed by atoms with Crippen LogP contribution in [0.2, 0.25) is 0 Å². The molecule has 0 fully saturated rings. The van der Waals surface area contributed by atoms with E-state index in [9.17, 15) is 4.79 Å². The minimum absolute atomic E-state index is 0.183. The molecule has 1 aliphatic heterocycles. The molecule has 0 spiro atoms. The quantitative estimate of drug-likeness (QED) is 0.667. The van der Waals surface area contributed by atoms with Gasteiger partial charge in [-0.25, -0.2) is 0 Å². The van der Waals surface area contributed by atoms with Gasteiger partial charge in [0.2, 0.25) is 3.79 Å². The zero-order chi connectivity index (χ0) is 14.0. The van der Waals surface area contributed by atoms with Gasteiger partial charge in [0.05, 0.1) is 0 Å². The molecule has 1 heterocycles. The maximum atomic E-state index is 12.5. The summed E-state index contributed by atoms with van der Waals surface area (Å²) in [5.41, 5.74) is 1.88. The molecule has 1 aromatic rings. The van der Waals surface area contributed by atoms with E-state index in [0.717, 1.165) is 17.1 Å². The first kappa shape index (κ1) is 15.5. The zero-order valence-electron chi connectivity index (χ0n) is 10.4. The number of carbonyl (C=O) groups excluding carboxylic acids is 1. The number of aryl methyl sites for hydroxylation is 1. The van der Waals surface area contributed by atoms with Crippen molar-refractivity contribution in [3.63, 3.8) is 0 Å². The summed E-state index contributed by atoms with van der Waals surface area (Å²) in [5, 5.41) is 2.94. The summed E-state index contributed by atoms with van der Waals surface area (Å²) in [4.78, 5) is 13.6. The van der Waals surface area contributed by atoms with E-state index < -0.39 is 9.83 Å². The fourth-order valence-electron chi connectivity index (χ4n) is 2.05. The van der Waals surface area contributed by atoms with Crippen molar-refractivity contribution < 1.29 is 4.79 Å². The molecule has 0 aromatic heterocycles. The van der Waals surface area contributed by atoms with Gasteiger partial charge in [0, 0.05) is 16.2 Å². The molecule has 1 N–H and O–H groups in total. The molecule has 1 unspecified atom stereocenters. The van der Waals surface area contributed by atoms with Gasteiger partial charge in [-0.05, 0) is 24.6 Å². The van der Waals surface area contributed by atoms with Gasteiger partial charge in [0.1, 0.15) is 6.04 Å². The Morgan fingerprint density at radius 1 is 1.47 bits per heavy atom. The Morgan fingerprint density at radius 2 is 2.21 bits per heavy atom. The van der Waals surface area contributed by atoms with E-state index >= 15 is 0 Å². The third kappa shape index (κ3) is 3.59. The van der Waals surface area contributed by atoms with Gasteiger partial charge >= 0.3 is 0 Å². The van der Waals surface area contributed by atoms with Crippen molar-refractivity contribution in [2.24, 2.45) is 0 Å². The van der Waals surface area contributed by atoms with E-state index in [1.54, 1.807) is 11.8 Å². The Balaban J connectivity index is 2.27. The molecule has 1 atom stereocenters. The molecule has 6 heteroatoms. The average molecular weight is 339 g/mol. The highest BCUT2D eigenvalue weighted by Gasteiger charge is 2.38. The van der Waals surface area contributed by atoms with E-state index in [1.807, 2.05) is 25.1 Å². The number of fused-ring (bicyclic) bond motifs is 1. The molecule has 19 heavy (non-hydrogen) atoms. The molecule has 1 aliphatic rings. The molecule has 0 saturated carbocycles. The largest absolute Gasteiger partial charge is 0.304 e. The van der Waals surface area contributed by atoms with Crippen LogP contribution in [0.15, 0.2) is 23.1 Å². The van der Waals surface area contributed by atoms with Crippen molar-refractivity contribution >= 4 is 52.3 Å². The predicted octanol–water partition coefficient (Wildman–Crippen LogP) is 3.87. The van der Waals surface area contributed by atoms with Gasteiger partial charge < -0.3 is 5.32 Å². The predicted molar refractivity (Wildman–Crippen MR) is 83.0 cm³/mol. The number of hydrogen-bond donors (Lipinski definition) is 1. The second kappa shape index (κ2) is 6.23. The molecule has 1 aromatic carbocycles. The summed E-state index contributed by atoms with van der Waals surface area (Å²) in [6.45, 7) is 2.43. The Kier molecular flexibility index (Phi) is 5.07. The summed E-state index contributed by atoms with van der Waals surface area (Å²) in [6, 6.07) is 4.88. The van der Waals surface area contributed by atoms with Gasteiger partial charge in [-0.2, -0.15) is 0 Å². The van der Waals surface area contributed by atoms with Gasteiger partial charge in [-0.15, -0.1) is 11.8 Å². The Labute approximate surface area is 132 Å². The fourth-order valence-corrected chi connectivity index (χ4v) is 3.68. The Bertz CT molecular complexity index is 487. The van der Waals surface area contributed by atoms with E-state index in [2.05, 4.69) is 5.32 Å². The number of hydrogen-bond acceptors (Lipinski definition) is 3. The molecule has 0 bridgehead atoms. The first-order valence-electron chi connectivity index (χ1n) is 6.03. The molecule has 0 amide bonds. The number of ketones is 1. The van der Waals surface area contributed by atoms with Crippen LogP contribution in [0, 0.1) is 0 Å². The maximum Gasteiger partial charge on any atom is 0.213 e. The zero-order valence-corrected chi connectivity index (χ0v) is 13.5. The van der Waals surface area contributed by atoms with E-state index in [1.165, 1.54) is 5.56 Å². The second-order valence-corrected chi connectivity index (χ2v) is 7.82. The van der Waals surface area contributed by atoms with Crippen molar-refractivity contribution in [3.8, 4) is 0 Å². The van der Waals surface area contributed by atoms with Crippen molar-refractivity contribution in [1.82, 2.24) is 5.32 Å². The minimum Gasteiger partial charge on any atom is -0.304 e. The molecule has 0 radical (unpaired) electrons. The Morgan fingerprint density at radius 3 is 2.84 bits per heavy atom. The lowest BCUT2D eigenvalue weighted by Crippen LogP contribution is -2.46. The van der Waals surface area contributed by atoms with E-state index in [4.69, 9.17) is 34.8 Å². The monoisotopic (exact) mass is 337 g/mol. The van der Waals surface area contributed by atoms with E-state index in [-0.39, 0.29) is 5.78 Å². The summed E-state index contributed by atoms with van der Waals surface area (Å²) in [5.74, 6) is 0.880. The topological polar surface area (TPSA) is 29.1 Å². The number of benzene rings is 1. The number of rotatable bonds is 4. The van der Waals surface area contributed by atoms with Crippen LogP contribution in [-0.4, -0.2) is 27.9 Å². The SMILES string of the molecule is CCNC(C(=O)c1ccc2c(c1)SCC2)C(Cl)(Cl)Cl. The number of Topliss-reactive ketones (excluding diaryl/α,β-unsaturated/α-hetero) is 1. The van der Waals surface area contributed by atoms with Crippen LogP contribution >= 0.6 is 46.6 Å². The number of thioether (sulfide) groups is 1. The first-order valence-corrected chi connectivity index (χ1v) is 8.15. The summed E-state index contributed by atoms with van der Waals surface area (Å²) < 4.78 is -1.65. The minimum atomic E-state index is -1.65. The van der Waals surface area contributed by atoms with Gasteiger partial charge in [-0.1, -0.05) is 53.9 Å². The lowest BCUT2D eigenvalue weighted by molar-refractivity contribution is 0.0945. The van der Waals surface area contributed by atoms with Crippen molar-refractivity contribution in [3.05, 3.63) is 29.3 Å². The van der Waals surface area contributed by atoms with Gasteiger partial charge in [-0.3, -0.25) is 4.79 Å². The van der Waals surface area contributed by atoms with Crippen LogP contribution in [0.3, 0.4) is 0 Å². The first-order chi connectivity index (χ1) is 8.93. The van der Waals surface area contributed by atoms with Crippen molar-refractivity contribution in [1.29, 1.82) is 0 Å². The highest BCUT2D eigenvalue weighted by Crippen LogP contribution is 2.35. The number of carbonyl (C=O) groups is 1. The summed E-state index contributed by atoms with van der Waals surface area (Å²) in [7, 11) is 0. The Hall–Kier alpha value is 0.0700. The lowest BCUT2D eigenvalue weighted by Gasteiger charge is -2.24. The smallest absolute Gasteiger partial charge is 0.213 e. The third-order valence-corrected chi connectivity index (χ3v) is 4.73. The highest BCUT2D eigenvalue weighted by atomic mass is 35.6. The van der Waals surface area contributed by atoms with Crippen LogP contribution in [0.1, 0.15) is 22.8 Å². The lowest BCUT2D eigenvalue weighted by atomic mass is 10.0. The van der Waals surface area contributed by atoms with Gasteiger partial charge in [0.15, 0.2) is 5.78 Å². The van der Waals surface area contributed by atoms with Crippen molar-refractivity contribution in [2.45, 2.75) is 28.1 Å². The third-order valence-electron chi connectivity index (χ3n) is 2.98. The second-order valence-electron chi connectivity index (χ2n) is 4.32. The molecule has 2 nitrogen and oxygen atoms in total. The molecule has 0 saturated heterocycles. The average Bonchev–Trinajstić information content (AvgIpc) is 2.80. The molecule has 0 aliphatic carbocycles. The fraction of sp³-hybridized carbons (Fsp3) is 0.462. The standard InChI is InChI=1S/C13H14Cl3NOS/c1-2-17-12(13(14,15)16)11(18)9-4-3-8-5-6-19-10(8)7-9/h3-4,7,12,17H,2,5-6H2,1H3. The molecular weight excluding hydrogens is 325 g/mol. The molecule has 2 rings (SSSR count). The number of alkyl halides is 3. The van der Waals surface area contributed by atoms with Crippen LogP contribution in [0.4, 0.5) is 0 Å². The normalized spacial score (nSPS) is 16.2. The summed E-state index contributed by atoms with van der Waals surface area (Å²) in [6.07, 6.45) is 1.05. The maximum absolute atomic E-state index is 12.5. The number of likely N-dealkylation sites (N-methyl/N-ethyl adjacent to an activating group) is 1. The van der Waals surface area contributed by atoms with Crippen LogP contribution in [0.25, 0.3) is 0 Å². The molecule has 104 valence electrons. The van der Waals surface area contributed by atoms with Crippen LogP contribution in [-0.2, 0) is 6.42 Å². The number of halogens is 3. The van der Waals surface area contributed by atoms with Crippen LogP contribution in [0.5, 0.6) is 0 Å². The highest BCUT2D eigenvalue weighted by molar-refractivity contribution is 7.99. The van der Waals surface area contributed by atoms with E-state index in [0.29, 0.717) is 12.1 Å². The molecular formula is C13H14Cl3NOS. The summed E-state index contributed by atoms with van der Waals surface area (Å²) >= 11 is 19.4. The van der Waals surface area contributed by atoms with Gasteiger partial charge in [0.25, 0.3) is 0 Å². The number of nitrogens with one attached hydrogen (secondary N) is 1. The van der Waals surface area contributed by atoms with Crippen molar-refractivity contribution in [2.75, 3.05) is 12.3 Å².